The van der Waals surface area contributed by atoms with Crippen molar-refractivity contribution in [1.29, 1.82) is 0 Å². The Morgan fingerprint density at radius 1 is 0.962 bits per heavy atom. The SMILES string of the molecule is Cc1cc(C)c(C[n+]2ccn(C34CC5CC(CC(C5)C3)C4)c2)c(C)c1.[Cl-]. The number of benzene rings is 1. The van der Waals surface area contributed by atoms with E-state index < -0.39 is 0 Å². The predicted molar refractivity (Wildman–Crippen MR) is 101 cm³/mol. The molecule has 3 heteroatoms. The zero-order chi connectivity index (χ0) is 17.2. The molecule has 0 unspecified atom stereocenters. The fraction of sp³-hybridized carbons (Fsp3) is 0.609. The largest absolute Gasteiger partial charge is 1.00 e. The van der Waals surface area contributed by atoms with Crippen LogP contribution in [0.15, 0.2) is 30.9 Å². The normalized spacial score (nSPS) is 31.9. The van der Waals surface area contributed by atoms with E-state index in [0.29, 0.717) is 5.54 Å². The minimum absolute atomic E-state index is 0. The summed E-state index contributed by atoms with van der Waals surface area (Å²) in [7, 11) is 0. The van der Waals surface area contributed by atoms with Gasteiger partial charge in [0.15, 0.2) is 0 Å². The van der Waals surface area contributed by atoms with Crippen molar-refractivity contribution in [3.63, 3.8) is 0 Å². The van der Waals surface area contributed by atoms with Gasteiger partial charge < -0.3 is 12.4 Å². The lowest BCUT2D eigenvalue weighted by molar-refractivity contribution is -0.688. The number of aromatic nitrogens is 2. The summed E-state index contributed by atoms with van der Waals surface area (Å²) in [6, 6.07) is 4.64. The molecule has 0 N–H and O–H groups in total. The molecular formula is C23H31ClN2. The van der Waals surface area contributed by atoms with Crippen LogP contribution in [-0.2, 0) is 12.1 Å². The van der Waals surface area contributed by atoms with Crippen LogP contribution in [0.1, 0.15) is 60.8 Å². The lowest BCUT2D eigenvalue weighted by Gasteiger charge is -2.54. The maximum atomic E-state index is 2.61. The van der Waals surface area contributed by atoms with E-state index in [1.165, 1.54) is 60.8 Å². The topological polar surface area (TPSA) is 8.81 Å². The summed E-state index contributed by atoms with van der Waals surface area (Å²) >= 11 is 0. The van der Waals surface area contributed by atoms with Crippen molar-refractivity contribution in [2.75, 3.05) is 0 Å². The van der Waals surface area contributed by atoms with Crippen molar-refractivity contribution >= 4 is 0 Å². The number of imidazole rings is 1. The van der Waals surface area contributed by atoms with Crippen LogP contribution in [0, 0.1) is 38.5 Å². The van der Waals surface area contributed by atoms with E-state index in [1.807, 2.05) is 0 Å². The van der Waals surface area contributed by atoms with E-state index in [1.54, 1.807) is 0 Å². The monoisotopic (exact) mass is 370 g/mol. The highest BCUT2D eigenvalue weighted by molar-refractivity contribution is 5.36. The Labute approximate surface area is 164 Å². The van der Waals surface area contributed by atoms with Crippen LogP contribution < -0.4 is 17.0 Å². The first kappa shape index (κ1) is 18.1. The van der Waals surface area contributed by atoms with Crippen molar-refractivity contribution in [2.24, 2.45) is 17.8 Å². The van der Waals surface area contributed by atoms with Crippen LogP contribution in [0.2, 0.25) is 0 Å². The van der Waals surface area contributed by atoms with Crippen LogP contribution >= 0.6 is 0 Å². The summed E-state index contributed by atoms with van der Waals surface area (Å²) in [6.07, 6.45) is 15.9. The Hall–Kier alpha value is -1.28. The third-order valence-electron chi connectivity index (χ3n) is 7.43. The van der Waals surface area contributed by atoms with Gasteiger partial charge in [0.25, 0.3) is 0 Å². The molecule has 6 rings (SSSR count). The molecule has 1 aromatic carbocycles. The van der Waals surface area contributed by atoms with Gasteiger partial charge in [0, 0.05) is 0 Å². The van der Waals surface area contributed by atoms with Crippen LogP contribution in [0.3, 0.4) is 0 Å². The van der Waals surface area contributed by atoms with Gasteiger partial charge in [-0.3, -0.25) is 0 Å². The van der Waals surface area contributed by atoms with Crippen molar-refractivity contribution in [3.05, 3.63) is 53.1 Å². The summed E-state index contributed by atoms with van der Waals surface area (Å²) < 4.78 is 5.01. The van der Waals surface area contributed by atoms with Gasteiger partial charge in [-0.2, -0.15) is 0 Å². The Morgan fingerprint density at radius 2 is 1.50 bits per heavy atom. The fourth-order valence-electron chi connectivity index (χ4n) is 6.79. The first-order valence-electron chi connectivity index (χ1n) is 10.1. The summed E-state index contributed by atoms with van der Waals surface area (Å²) in [5, 5.41) is 0. The zero-order valence-corrected chi connectivity index (χ0v) is 17.1. The van der Waals surface area contributed by atoms with Gasteiger partial charge >= 0.3 is 0 Å². The minimum Gasteiger partial charge on any atom is -1.00 e. The highest BCUT2D eigenvalue weighted by Crippen LogP contribution is 2.58. The van der Waals surface area contributed by atoms with Crippen molar-refractivity contribution in [3.8, 4) is 0 Å². The molecule has 0 amide bonds. The van der Waals surface area contributed by atoms with Gasteiger partial charge in [0.1, 0.15) is 24.5 Å². The number of hydrogen-bond donors (Lipinski definition) is 0. The Bertz CT molecular complexity index is 761. The molecule has 2 aromatic rings. The van der Waals surface area contributed by atoms with Gasteiger partial charge in [-0.1, -0.05) is 17.7 Å². The van der Waals surface area contributed by atoms with Crippen molar-refractivity contribution in [2.45, 2.75) is 71.4 Å². The average molecular weight is 371 g/mol. The molecule has 2 nitrogen and oxygen atoms in total. The molecule has 4 aliphatic carbocycles. The molecule has 4 fully saturated rings. The van der Waals surface area contributed by atoms with Gasteiger partial charge in [-0.25, -0.2) is 9.13 Å². The minimum atomic E-state index is 0. The molecule has 0 aliphatic heterocycles. The average Bonchev–Trinajstić information content (AvgIpc) is 2.99. The zero-order valence-electron chi connectivity index (χ0n) is 16.3. The van der Waals surface area contributed by atoms with E-state index in [0.717, 1.165) is 24.3 Å². The highest BCUT2D eigenvalue weighted by atomic mass is 35.5. The van der Waals surface area contributed by atoms with Crippen LogP contribution in [-0.4, -0.2) is 4.57 Å². The second-order valence-corrected chi connectivity index (χ2v) is 9.51. The molecule has 4 bridgehead atoms. The third kappa shape index (κ3) is 2.91. The molecule has 0 radical (unpaired) electrons. The standard InChI is InChI=1S/C23H31N2.ClH/c1-16-6-17(2)22(18(3)7-16)14-24-4-5-25(15-24)23-11-19-8-20(12-23)10-21(9-19)13-23;/h4-7,15,19-21H,8-14H2,1-3H3;1H/q+1;/p-1. The summed E-state index contributed by atoms with van der Waals surface area (Å²) in [5.74, 6) is 3.01. The predicted octanol–water partition coefficient (Wildman–Crippen LogP) is 1.68. The Morgan fingerprint density at radius 3 is 2.04 bits per heavy atom. The number of rotatable bonds is 3. The summed E-state index contributed by atoms with van der Waals surface area (Å²) in [5.41, 5.74) is 6.14. The van der Waals surface area contributed by atoms with Gasteiger partial charge in [0.05, 0.1) is 0 Å². The first-order valence-corrected chi connectivity index (χ1v) is 10.1. The molecule has 140 valence electrons. The van der Waals surface area contributed by atoms with Crippen LogP contribution in [0.5, 0.6) is 0 Å². The summed E-state index contributed by atoms with van der Waals surface area (Å²) in [4.78, 5) is 0. The van der Waals surface area contributed by atoms with Crippen LogP contribution in [0.4, 0.5) is 0 Å². The smallest absolute Gasteiger partial charge is 0.244 e. The molecule has 26 heavy (non-hydrogen) atoms. The lowest BCUT2D eigenvalue weighted by Crippen LogP contribution is -3.00. The van der Waals surface area contributed by atoms with Crippen molar-refractivity contribution in [1.82, 2.24) is 4.57 Å². The molecule has 0 saturated heterocycles. The lowest BCUT2D eigenvalue weighted by atomic mass is 9.53. The molecule has 0 spiro atoms. The highest BCUT2D eigenvalue weighted by Gasteiger charge is 2.54. The van der Waals surface area contributed by atoms with E-state index in [9.17, 15) is 0 Å². The molecule has 4 aliphatic rings. The number of nitrogens with zero attached hydrogens (tertiary/aromatic N) is 2. The van der Waals surface area contributed by atoms with E-state index in [2.05, 4.69) is 60.8 Å². The van der Waals surface area contributed by atoms with E-state index in [-0.39, 0.29) is 12.4 Å². The van der Waals surface area contributed by atoms with Gasteiger partial charge in [0.2, 0.25) is 6.33 Å². The second-order valence-electron chi connectivity index (χ2n) is 9.51. The number of hydrogen-bond acceptors (Lipinski definition) is 0. The van der Waals surface area contributed by atoms with E-state index in [4.69, 9.17) is 0 Å². The Kier molecular flexibility index (Phi) is 4.46. The first-order chi connectivity index (χ1) is 12.0. The molecule has 1 aromatic heterocycles. The second kappa shape index (κ2) is 6.41. The number of aryl methyl sites for hydroxylation is 3. The van der Waals surface area contributed by atoms with Crippen molar-refractivity contribution < 1.29 is 17.0 Å². The Balaban J connectivity index is 0.00000168. The fourth-order valence-corrected chi connectivity index (χ4v) is 6.79. The van der Waals surface area contributed by atoms with Gasteiger partial charge in [-0.05, 0) is 93.7 Å². The quantitative estimate of drug-likeness (QED) is 0.727. The maximum Gasteiger partial charge on any atom is 0.244 e. The third-order valence-corrected chi connectivity index (χ3v) is 7.43. The molecular weight excluding hydrogens is 340 g/mol. The molecule has 0 atom stereocenters. The van der Waals surface area contributed by atoms with Crippen LogP contribution in [0.25, 0.3) is 0 Å². The maximum absolute atomic E-state index is 2.61. The number of halogens is 1. The summed E-state index contributed by atoms with van der Waals surface area (Å²) in [6.45, 7) is 7.70. The van der Waals surface area contributed by atoms with E-state index >= 15 is 0 Å². The molecule has 1 heterocycles. The van der Waals surface area contributed by atoms with Gasteiger partial charge in [-0.15, -0.1) is 0 Å². The molecule has 4 saturated carbocycles.